The van der Waals surface area contributed by atoms with Crippen LogP contribution in [0.25, 0.3) is 0 Å². The molecule has 0 aliphatic heterocycles. The van der Waals surface area contributed by atoms with Gasteiger partial charge in [0.05, 0.1) is 12.9 Å². The van der Waals surface area contributed by atoms with Gasteiger partial charge in [-0.25, -0.2) is 12.8 Å². The standard InChI is InChI=1S/C8H8ClFO3S/c1-13-8-3-6(2-7(10)4-8)5-14(9,11)12/h2-4H,5H2,1H3. The predicted molar refractivity (Wildman–Crippen MR) is 51.4 cm³/mol. The summed E-state index contributed by atoms with van der Waals surface area (Å²) in [5.74, 6) is -0.706. The first-order chi connectivity index (χ1) is 6.40. The van der Waals surface area contributed by atoms with Gasteiger partial charge in [-0.05, 0) is 17.7 Å². The van der Waals surface area contributed by atoms with Gasteiger partial charge in [-0.3, -0.25) is 0 Å². The van der Waals surface area contributed by atoms with Gasteiger partial charge in [0, 0.05) is 16.7 Å². The highest BCUT2D eigenvalue weighted by molar-refractivity contribution is 8.13. The second kappa shape index (κ2) is 4.14. The minimum absolute atomic E-state index is 0.261. The van der Waals surface area contributed by atoms with Gasteiger partial charge in [0.15, 0.2) is 0 Å². The molecule has 0 aromatic heterocycles. The van der Waals surface area contributed by atoms with Crippen LogP contribution in [0.5, 0.6) is 5.75 Å². The van der Waals surface area contributed by atoms with E-state index in [1.807, 2.05) is 0 Å². The Labute approximate surface area is 85.9 Å². The quantitative estimate of drug-likeness (QED) is 0.756. The summed E-state index contributed by atoms with van der Waals surface area (Å²) in [6.45, 7) is 0. The Morgan fingerprint density at radius 3 is 2.57 bits per heavy atom. The topological polar surface area (TPSA) is 43.4 Å². The molecule has 1 aromatic rings. The van der Waals surface area contributed by atoms with E-state index in [4.69, 9.17) is 15.4 Å². The van der Waals surface area contributed by atoms with Crippen LogP contribution in [-0.2, 0) is 14.8 Å². The van der Waals surface area contributed by atoms with Gasteiger partial charge in [0.1, 0.15) is 11.6 Å². The molecule has 3 nitrogen and oxygen atoms in total. The highest BCUT2D eigenvalue weighted by atomic mass is 35.7. The molecule has 0 radical (unpaired) electrons. The van der Waals surface area contributed by atoms with Gasteiger partial charge in [-0.15, -0.1) is 0 Å². The van der Waals surface area contributed by atoms with Crippen molar-refractivity contribution < 1.29 is 17.5 Å². The fraction of sp³-hybridized carbons (Fsp3) is 0.250. The van der Waals surface area contributed by atoms with E-state index in [9.17, 15) is 12.8 Å². The minimum Gasteiger partial charge on any atom is -0.497 e. The maximum absolute atomic E-state index is 12.9. The van der Waals surface area contributed by atoms with E-state index in [-0.39, 0.29) is 11.3 Å². The molecular weight excluding hydrogens is 231 g/mol. The molecule has 0 aliphatic rings. The molecule has 78 valence electrons. The highest BCUT2D eigenvalue weighted by Crippen LogP contribution is 2.18. The van der Waals surface area contributed by atoms with Crippen molar-refractivity contribution in [3.63, 3.8) is 0 Å². The van der Waals surface area contributed by atoms with Crippen LogP contribution in [-0.4, -0.2) is 15.5 Å². The molecule has 0 aliphatic carbocycles. The SMILES string of the molecule is COc1cc(F)cc(CS(=O)(=O)Cl)c1. The lowest BCUT2D eigenvalue weighted by molar-refractivity contribution is 0.411. The summed E-state index contributed by atoms with van der Waals surface area (Å²) in [6, 6.07) is 3.68. The van der Waals surface area contributed by atoms with Crippen LogP contribution < -0.4 is 4.74 Å². The third-order valence-corrected chi connectivity index (χ3v) is 2.51. The van der Waals surface area contributed by atoms with Gasteiger partial charge in [0.25, 0.3) is 0 Å². The van der Waals surface area contributed by atoms with Crippen LogP contribution in [0.3, 0.4) is 0 Å². The Balaban J connectivity index is 3.04. The van der Waals surface area contributed by atoms with Crippen molar-refractivity contribution in [2.24, 2.45) is 0 Å². The Kier molecular flexibility index (Phi) is 3.34. The van der Waals surface area contributed by atoms with Crippen molar-refractivity contribution in [1.29, 1.82) is 0 Å². The molecule has 0 bridgehead atoms. The number of benzene rings is 1. The highest BCUT2D eigenvalue weighted by Gasteiger charge is 2.09. The molecule has 0 saturated heterocycles. The average molecular weight is 239 g/mol. The van der Waals surface area contributed by atoms with Crippen molar-refractivity contribution >= 4 is 19.7 Å². The molecule has 1 rings (SSSR count). The van der Waals surface area contributed by atoms with Crippen LogP contribution in [0.15, 0.2) is 18.2 Å². The fourth-order valence-electron chi connectivity index (χ4n) is 1.02. The van der Waals surface area contributed by atoms with Crippen LogP contribution in [0.1, 0.15) is 5.56 Å². The molecule has 0 unspecified atom stereocenters. The molecule has 0 fully saturated rings. The number of hydrogen-bond acceptors (Lipinski definition) is 3. The second-order valence-corrected chi connectivity index (χ2v) is 5.46. The molecular formula is C8H8ClFO3S. The first-order valence-electron chi connectivity index (χ1n) is 3.66. The number of halogens is 2. The Bertz CT molecular complexity index is 430. The van der Waals surface area contributed by atoms with E-state index in [1.165, 1.54) is 13.2 Å². The van der Waals surface area contributed by atoms with Gasteiger partial charge >= 0.3 is 0 Å². The van der Waals surface area contributed by atoms with Gasteiger partial charge in [-0.2, -0.15) is 0 Å². The van der Waals surface area contributed by atoms with E-state index in [0.29, 0.717) is 0 Å². The van der Waals surface area contributed by atoms with Crippen LogP contribution in [0.2, 0.25) is 0 Å². The van der Waals surface area contributed by atoms with E-state index in [0.717, 1.165) is 12.1 Å². The molecule has 1 aromatic carbocycles. The number of ether oxygens (including phenoxy) is 1. The zero-order valence-electron chi connectivity index (χ0n) is 7.33. The smallest absolute Gasteiger partial charge is 0.236 e. The number of methoxy groups -OCH3 is 1. The number of hydrogen-bond donors (Lipinski definition) is 0. The number of rotatable bonds is 3. The van der Waals surface area contributed by atoms with Crippen molar-refractivity contribution in [1.82, 2.24) is 0 Å². The van der Waals surface area contributed by atoms with Crippen molar-refractivity contribution in [2.45, 2.75) is 5.75 Å². The Morgan fingerprint density at radius 2 is 2.07 bits per heavy atom. The first kappa shape index (κ1) is 11.3. The molecule has 14 heavy (non-hydrogen) atoms. The zero-order chi connectivity index (χ0) is 10.8. The van der Waals surface area contributed by atoms with E-state index >= 15 is 0 Å². The summed E-state index contributed by atoms with van der Waals surface area (Å²) >= 11 is 0. The molecule has 0 saturated carbocycles. The largest absolute Gasteiger partial charge is 0.497 e. The van der Waals surface area contributed by atoms with Gasteiger partial charge in [-0.1, -0.05) is 0 Å². The summed E-state index contributed by atoms with van der Waals surface area (Å²) in [4.78, 5) is 0. The maximum Gasteiger partial charge on any atom is 0.236 e. The zero-order valence-corrected chi connectivity index (χ0v) is 8.90. The Morgan fingerprint density at radius 1 is 1.43 bits per heavy atom. The molecule has 6 heteroatoms. The molecule has 0 spiro atoms. The van der Waals surface area contributed by atoms with E-state index in [2.05, 4.69) is 0 Å². The van der Waals surface area contributed by atoms with Crippen molar-refractivity contribution in [3.05, 3.63) is 29.6 Å². The molecule has 0 atom stereocenters. The first-order valence-corrected chi connectivity index (χ1v) is 6.14. The van der Waals surface area contributed by atoms with Gasteiger partial charge in [0.2, 0.25) is 9.05 Å². The minimum atomic E-state index is -3.67. The molecule has 0 N–H and O–H groups in total. The average Bonchev–Trinajstić information content (AvgIpc) is 1.99. The fourth-order valence-corrected chi connectivity index (χ4v) is 1.96. The lowest BCUT2D eigenvalue weighted by Crippen LogP contribution is -1.96. The second-order valence-electron chi connectivity index (χ2n) is 2.68. The summed E-state index contributed by atoms with van der Waals surface area (Å²) < 4.78 is 39.1. The lowest BCUT2D eigenvalue weighted by Gasteiger charge is -2.03. The molecule has 0 amide bonds. The van der Waals surface area contributed by atoms with Crippen LogP contribution in [0, 0.1) is 5.82 Å². The monoisotopic (exact) mass is 238 g/mol. The van der Waals surface area contributed by atoms with Gasteiger partial charge < -0.3 is 4.74 Å². The summed E-state index contributed by atoms with van der Waals surface area (Å²) in [6.07, 6.45) is 0. The Hall–Kier alpha value is -0.810. The predicted octanol–water partition coefficient (Wildman–Crippen LogP) is 1.90. The van der Waals surface area contributed by atoms with Crippen molar-refractivity contribution in [2.75, 3.05) is 7.11 Å². The normalized spacial score (nSPS) is 11.4. The van der Waals surface area contributed by atoms with Crippen LogP contribution in [0.4, 0.5) is 4.39 Å². The third kappa shape index (κ3) is 3.51. The third-order valence-electron chi connectivity index (χ3n) is 1.51. The van der Waals surface area contributed by atoms with Crippen molar-refractivity contribution in [3.8, 4) is 5.75 Å². The summed E-state index contributed by atoms with van der Waals surface area (Å²) in [5.41, 5.74) is 0.261. The maximum atomic E-state index is 12.9. The van der Waals surface area contributed by atoms with E-state index in [1.54, 1.807) is 0 Å². The van der Waals surface area contributed by atoms with Crippen LogP contribution >= 0.6 is 10.7 Å². The lowest BCUT2D eigenvalue weighted by atomic mass is 10.2. The summed E-state index contributed by atoms with van der Waals surface area (Å²) in [5, 5.41) is 0. The van der Waals surface area contributed by atoms with E-state index < -0.39 is 20.6 Å². The molecule has 0 heterocycles. The summed E-state index contributed by atoms with van der Waals surface area (Å²) in [7, 11) is 2.72.